The highest BCUT2D eigenvalue weighted by Gasteiger charge is 2.25. The van der Waals surface area contributed by atoms with Gasteiger partial charge >= 0.3 is 0 Å². The summed E-state index contributed by atoms with van der Waals surface area (Å²) in [6, 6.07) is 21.3. The molecule has 1 atom stereocenters. The molecule has 0 aromatic heterocycles. The van der Waals surface area contributed by atoms with Gasteiger partial charge in [-0.1, -0.05) is 68.0 Å². The molecule has 4 aromatic carbocycles. The topological polar surface area (TPSA) is 106 Å². The number of rotatable bonds is 20. The molecule has 0 fully saturated rings. The first-order valence-corrected chi connectivity index (χ1v) is 18.1. The molecule has 0 aliphatic carbocycles. The smallest absolute Gasteiger partial charge is 0.255 e. The van der Waals surface area contributed by atoms with Gasteiger partial charge in [0.25, 0.3) is 5.91 Å². The van der Waals surface area contributed by atoms with Gasteiger partial charge in [0.1, 0.15) is 6.17 Å². The minimum Gasteiger partial charge on any atom is -0.493 e. The number of methoxy groups -OCH3 is 5. The lowest BCUT2D eigenvalue weighted by molar-refractivity contribution is 0.0935. The summed E-state index contributed by atoms with van der Waals surface area (Å²) in [6.45, 7) is 3.22. The Balaban J connectivity index is 0.988. The van der Waals surface area contributed by atoms with Crippen molar-refractivity contribution in [3.05, 3.63) is 94.5 Å². The van der Waals surface area contributed by atoms with Gasteiger partial charge in [-0.25, -0.2) is 0 Å². The van der Waals surface area contributed by atoms with E-state index >= 15 is 0 Å². The molecule has 5 rings (SSSR count). The molecule has 1 aliphatic rings. The van der Waals surface area contributed by atoms with Crippen LogP contribution in [0.2, 0.25) is 0 Å². The van der Waals surface area contributed by atoms with Gasteiger partial charge in [0.15, 0.2) is 34.5 Å². The van der Waals surface area contributed by atoms with Crippen LogP contribution in [0, 0.1) is 6.92 Å². The minimum atomic E-state index is -0.350. The second kappa shape index (κ2) is 19.4. The van der Waals surface area contributed by atoms with Crippen molar-refractivity contribution in [3.63, 3.8) is 0 Å². The van der Waals surface area contributed by atoms with E-state index in [1.807, 2.05) is 85.8 Å². The highest BCUT2D eigenvalue weighted by atomic mass is 16.5. The standard InChI is InChI=1S/C43H52N2O8/c1-29-14-19-34-33(24-29)43(46)45-42(44-34)32-18-21-36(37(28-32)48-3)52-22-12-10-8-7-9-11-13-23-53-38-25-30(17-20-35(38)47-2)15-16-31-26-39(49-4)41(51-6)40(27-31)50-5/h14-21,24-28,42,44H,7-13,22-23H2,1-6H3,(H,45,46). The van der Waals surface area contributed by atoms with Gasteiger partial charge in [-0.3, -0.25) is 4.79 Å². The Morgan fingerprint density at radius 3 is 1.77 bits per heavy atom. The molecule has 1 unspecified atom stereocenters. The van der Waals surface area contributed by atoms with Gasteiger partial charge in [0.05, 0.1) is 54.3 Å². The molecule has 0 spiro atoms. The summed E-state index contributed by atoms with van der Waals surface area (Å²) in [7, 11) is 8.09. The van der Waals surface area contributed by atoms with Gasteiger partial charge in [0.2, 0.25) is 5.75 Å². The average Bonchev–Trinajstić information content (AvgIpc) is 3.18. The number of carbonyl (C=O) groups is 1. The van der Waals surface area contributed by atoms with Crippen molar-refractivity contribution in [3.8, 4) is 40.2 Å². The molecule has 0 saturated heterocycles. The van der Waals surface area contributed by atoms with Crippen LogP contribution in [-0.2, 0) is 0 Å². The third-order valence-electron chi connectivity index (χ3n) is 9.16. The van der Waals surface area contributed by atoms with Gasteiger partial charge in [-0.05, 0) is 85.0 Å². The van der Waals surface area contributed by atoms with Gasteiger partial charge in [-0.15, -0.1) is 0 Å². The highest BCUT2D eigenvalue weighted by molar-refractivity contribution is 6.01. The summed E-state index contributed by atoms with van der Waals surface area (Å²) in [4.78, 5) is 12.7. The van der Waals surface area contributed by atoms with Gasteiger partial charge < -0.3 is 43.8 Å². The molecule has 1 aliphatic heterocycles. The number of hydrogen-bond acceptors (Lipinski definition) is 9. The Hall–Kier alpha value is -5.51. The largest absolute Gasteiger partial charge is 0.493 e. The fraction of sp³-hybridized carbons (Fsp3) is 0.372. The number of nitrogens with one attached hydrogen (secondary N) is 2. The molecule has 53 heavy (non-hydrogen) atoms. The van der Waals surface area contributed by atoms with E-state index in [0.29, 0.717) is 53.3 Å². The zero-order chi connectivity index (χ0) is 37.6. The van der Waals surface area contributed by atoms with Crippen LogP contribution in [0.25, 0.3) is 12.2 Å². The number of fused-ring (bicyclic) bond motifs is 1. The van der Waals surface area contributed by atoms with Crippen LogP contribution >= 0.6 is 0 Å². The lowest BCUT2D eigenvalue weighted by atomic mass is 10.0. The Morgan fingerprint density at radius 1 is 0.547 bits per heavy atom. The Morgan fingerprint density at radius 2 is 1.13 bits per heavy atom. The zero-order valence-corrected chi connectivity index (χ0v) is 31.7. The zero-order valence-electron chi connectivity index (χ0n) is 31.7. The number of carbonyl (C=O) groups excluding carboxylic acids is 1. The first-order valence-electron chi connectivity index (χ1n) is 18.1. The number of hydrogen-bond donors (Lipinski definition) is 2. The summed E-state index contributed by atoms with van der Waals surface area (Å²) in [5, 5.41) is 6.45. The predicted molar refractivity (Wildman–Crippen MR) is 209 cm³/mol. The van der Waals surface area contributed by atoms with E-state index in [9.17, 15) is 4.79 Å². The van der Waals surface area contributed by atoms with E-state index in [2.05, 4.69) is 10.6 Å². The highest BCUT2D eigenvalue weighted by Crippen LogP contribution is 2.39. The van der Waals surface area contributed by atoms with Crippen molar-refractivity contribution in [1.82, 2.24) is 5.32 Å². The first kappa shape index (κ1) is 38.7. The van der Waals surface area contributed by atoms with Crippen LogP contribution in [0.3, 0.4) is 0 Å². The van der Waals surface area contributed by atoms with Crippen LogP contribution in [-0.4, -0.2) is 54.7 Å². The SMILES string of the molecule is COc1cc(C2NC(=O)c3cc(C)ccc3N2)ccc1OCCCCCCCCCOc1cc(C=Cc2cc(OC)c(OC)c(OC)c2)ccc1OC. The fourth-order valence-electron chi connectivity index (χ4n) is 6.27. The number of aryl methyl sites for hydroxylation is 1. The lowest BCUT2D eigenvalue weighted by Gasteiger charge is -2.28. The number of amides is 1. The van der Waals surface area contributed by atoms with E-state index in [1.165, 1.54) is 6.42 Å². The monoisotopic (exact) mass is 724 g/mol. The molecule has 10 heteroatoms. The molecule has 10 nitrogen and oxygen atoms in total. The Bertz CT molecular complexity index is 1830. The van der Waals surface area contributed by atoms with Crippen molar-refractivity contribution < 1.29 is 38.0 Å². The number of ether oxygens (including phenoxy) is 7. The molecule has 0 saturated carbocycles. The second-order valence-electron chi connectivity index (χ2n) is 12.9. The van der Waals surface area contributed by atoms with Crippen LogP contribution in [0.1, 0.15) is 83.7 Å². The van der Waals surface area contributed by atoms with Gasteiger partial charge in [0, 0.05) is 5.69 Å². The number of unbranched alkanes of at least 4 members (excludes halogenated alkanes) is 6. The molecule has 2 N–H and O–H groups in total. The average molecular weight is 725 g/mol. The quantitative estimate of drug-likeness (QED) is 0.0682. The van der Waals surface area contributed by atoms with Gasteiger partial charge in [-0.2, -0.15) is 0 Å². The van der Waals surface area contributed by atoms with Crippen molar-refractivity contribution in [1.29, 1.82) is 0 Å². The van der Waals surface area contributed by atoms with E-state index in [-0.39, 0.29) is 12.1 Å². The fourth-order valence-corrected chi connectivity index (χ4v) is 6.27. The summed E-state index contributed by atoms with van der Waals surface area (Å²) in [5.74, 6) is 4.46. The molecule has 1 amide bonds. The Labute approximate surface area is 313 Å². The summed E-state index contributed by atoms with van der Waals surface area (Å²) in [5.41, 5.74) is 5.32. The first-order chi connectivity index (χ1) is 25.9. The third-order valence-corrected chi connectivity index (χ3v) is 9.16. The molecular weight excluding hydrogens is 672 g/mol. The summed E-state index contributed by atoms with van der Waals surface area (Å²) in [6.07, 6.45) is 11.3. The minimum absolute atomic E-state index is 0.0955. The normalized spacial score (nSPS) is 13.5. The molecule has 0 radical (unpaired) electrons. The molecule has 0 bridgehead atoms. The van der Waals surface area contributed by atoms with E-state index in [1.54, 1.807) is 35.5 Å². The van der Waals surface area contributed by atoms with Crippen LogP contribution in [0.5, 0.6) is 40.2 Å². The Kier molecular flexibility index (Phi) is 14.1. The maximum atomic E-state index is 12.7. The second-order valence-corrected chi connectivity index (χ2v) is 12.9. The van der Waals surface area contributed by atoms with Crippen LogP contribution < -0.4 is 43.8 Å². The summed E-state index contributed by atoms with van der Waals surface area (Å²) >= 11 is 0. The number of anilines is 1. The van der Waals surface area contributed by atoms with Crippen LogP contribution in [0.4, 0.5) is 5.69 Å². The predicted octanol–water partition coefficient (Wildman–Crippen LogP) is 9.25. The molecular formula is C43H52N2O8. The van der Waals surface area contributed by atoms with E-state index in [4.69, 9.17) is 33.2 Å². The molecule has 4 aromatic rings. The maximum absolute atomic E-state index is 12.7. The van der Waals surface area contributed by atoms with E-state index in [0.717, 1.165) is 72.2 Å². The van der Waals surface area contributed by atoms with Crippen molar-refractivity contribution in [2.75, 3.05) is 54.1 Å². The van der Waals surface area contributed by atoms with Crippen LogP contribution in [0.15, 0.2) is 66.7 Å². The maximum Gasteiger partial charge on any atom is 0.255 e. The third kappa shape index (κ3) is 10.3. The van der Waals surface area contributed by atoms with E-state index < -0.39 is 0 Å². The molecule has 282 valence electrons. The van der Waals surface area contributed by atoms with Crippen molar-refractivity contribution >= 4 is 23.7 Å². The van der Waals surface area contributed by atoms with Crippen molar-refractivity contribution in [2.24, 2.45) is 0 Å². The lowest BCUT2D eigenvalue weighted by Crippen LogP contribution is -2.38. The summed E-state index contributed by atoms with van der Waals surface area (Å²) < 4.78 is 39.8. The molecule has 1 heterocycles. The van der Waals surface area contributed by atoms with Crippen molar-refractivity contribution in [2.45, 2.75) is 58.0 Å². The number of benzene rings is 4.